The summed E-state index contributed by atoms with van der Waals surface area (Å²) < 4.78 is 11.3. The van der Waals surface area contributed by atoms with Crippen LogP contribution in [0.2, 0.25) is 0 Å². The van der Waals surface area contributed by atoms with Crippen molar-refractivity contribution in [3.8, 4) is 0 Å². The smallest absolute Gasteiger partial charge is 0.0593 e. The lowest BCUT2D eigenvalue weighted by atomic mass is 9.81. The molecule has 0 saturated carbocycles. The topological polar surface area (TPSA) is 33.7 Å². The van der Waals surface area contributed by atoms with Gasteiger partial charge in [0.2, 0.25) is 0 Å². The molecule has 0 aliphatic carbocycles. The molecule has 112 valence electrons. The Kier molecular flexibility index (Phi) is 6.57. The van der Waals surface area contributed by atoms with Crippen molar-refractivity contribution in [1.82, 2.24) is 10.2 Å². The summed E-state index contributed by atoms with van der Waals surface area (Å²) in [5, 5.41) is 3.61. The Labute approximate surface area is 117 Å². The Balaban J connectivity index is 1.87. The summed E-state index contributed by atoms with van der Waals surface area (Å²) in [6.45, 7) is 11.5. The first-order valence-corrected chi connectivity index (χ1v) is 7.93. The quantitative estimate of drug-likeness (QED) is 0.742. The molecule has 4 heteroatoms. The van der Waals surface area contributed by atoms with Crippen molar-refractivity contribution >= 4 is 0 Å². The summed E-state index contributed by atoms with van der Waals surface area (Å²) in [7, 11) is 0. The minimum atomic E-state index is 0.317. The zero-order chi connectivity index (χ0) is 13.4. The first kappa shape index (κ1) is 15.2. The molecule has 0 bridgehead atoms. The fraction of sp³-hybridized carbons (Fsp3) is 1.00. The van der Waals surface area contributed by atoms with Gasteiger partial charge in [0.05, 0.1) is 13.2 Å². The number of hydrogen-bond acceptors (Lipinski definition) is 4. The van der Waals surface area contributed by atoms with Crippen molar-refractivity contribution in [1.29, 1.82) is 0 Å². The third-order valence-electron chi connectivity index (χ3n) is 4.20. The molecule has 19 heavy (non-hydrogen) atoms. The van der Waals surface area contributed by atoms with Crippen molar-refractivity contribution in [3.05, 3.63) is 0 Å². The Morgan fingerprint density at radius 1 is 1.11 bits per heavy atom. The van der Waals surface area contributed by atoms with Crippen LogP contribution in [0.15, 0.2) is 0 Å². The molecule has 2 rings (SSSR count). The number of hydrogen-bond donors (Lipinski definition) is 1. The van der Waals surface area contributed by atoms with E-state index in [1.807, 2.05) is 0 Å². The second kappa shape index (κ2) is 8.20. The fourth-order valence-corrected chi connectivity index (χ4v) is 3.19. The van der Waals surface area contributed by atoms with Gasteiger partial charge in [-0.05, 0) is 32.2 Å². The molecule has 1 atom stereocenters. The van der Waals surface area contributed by atoms with Gasteiger partial charge >= 0.3 is 0 Å². The summed E-state index contributed by atoms with van der Waals surface area (Å²) in [5.41, 5.74) is 0.317. The minimum absolute atomic E-state index is 0.317. The Hall–Kier alpha value is -0.160. The number of nitrogens with zero attached hydrogens (tertiary/aromatic N) is 1. The van der Waals surface area contributed by atoms with Crippen LogP contribution < -0.4 is 5.32 Å². The molecule has 2 aliphatic heterocycles. The van der Waals surface area contributed by atoms with Gasteiger partial charge in [0.25, 0.3) is 0 Å². The van der Waals surface area contributed by atoms with E-state index in [0.29, 0.717) is 5.41 Å². The molecular formula is C15H30N2O2. The van der Waals surface area contributed by atoms with Gasteiger partial charge in [0, 0.05) is 44.8 Å². The van der Waals surface area contributed by atoms with E-state index in [-0.39, 0.29) is 0 Å². The molecule has 1 N–H and O–H groups in total. The average Bonchev–Trinajstić information content (AvgIpc) is 2.69. The second-order valence-electron chi connectivity index (χ2n) is 6.07. The molecule has 2 saturated heterocycles. The third-order valence-corrected chi connectivity index (χ3v) is 4.20. The molecule has 2 aliphatic rings. The highest BCUT2D eigenvalue weighted by Gasteiger charge is 2.34. The number of rotatable bonds is 6. The Morgan fingerprint density at radius 2 is 2.00 bits per heavy atom. The van der Waals surface area contributed by atoms with Gasteiger partial charge in [0.1, 0.15) is 0 Å². The highest BCUT2D eigenvalue weighted by Crippen LogP contribution is 2.29. The van der Waals surface area contributed by atoms with Crippen molar-refractivity contribution in [2.75, 3.05) is 59.2 Å². The van der Waals surface area contributed by atoms with Gasteiger partial charge in [-0.25, -0.2) is 0 Å². The second-order valence-corrected chi connectivity index (χ2v) is 6.07. The van der Waals surface area contributed by atoms with E-state index in [0.717, 1.165) is 52.6 Å². The minimum Gasteiger partial charge on any atom is -0.381 e. The van der Waals surface area contributed by atoms with Crippen LogP contribution >= 0.6 is 0 Å². The van der Waals surface area contributed by atoms with Gasteiger partial charge in [-0.1, -0.05) is 6.92 Å². The van der Waals surface area contributed by atoms with Gasteiger partial charge in [-0.2, -0.15) is 0 Å². The molecule has 0 radical (unpaired) electrons. The normalized spacial score (nSPS) is 30.2. The number of nitrogens with one attached hydrogen (secondary N) is 1. The zero-order valence-corrected chi connectivity index (χ0v) is 12.5. The molecule has 0 aromatic carbocycles. The Bertz CT molecular complexity index is 234. The molecule has 0 aromatic heterocycles. The molecule has 1 unspecified atom stereocenters. The molecule has 0 amide bonds. The van der Waals surface area contributed by atoms with Gasteiger partial charge in [-0.15, -0.1) is 0 Å². The summed E-state index contributed by atoms with van der Waals surface area (Å²) >= 11 is 0. The standard InChI is InChI=1S/C15H30N2O2/c1-2-6-16-12-15(5-3-9-19-14-15)13-17-7-4-10-18-11-8-17/h16H,2-14H2,1H3. The van der Waals surface area contributed by atoms with Gasteiger partial charge in [0.15, 0.2) is 0 Å². The summed E-state index contributed by atoms with van der Waals surface area (Å²) in [6.07, 6.45) is 4.87. The predicted molar refractivity (Wildman–Crippen MR) is 77.5 cm³/mol. The summed E-state index contributed by atoms with van der Waals surface area (Å²) in [5.74, 6) is 0. The predicted octanol–water partition coefficient (Wildman–Crippen LogP) is 1.51. The van der Waals surface area contributed by atoms with Crippen LogP contribution in [0.25, 0.3) is 0 Å². The fourth-order valence-electron chi connectivity index (χ4n) is 3.19. The lowest BCUT2D eigenvalue weighted by Gasteiger charge is -2.40. The lowest BCUT2D eigenvalue weighted by Crippen LogP contribution is -2.49. The van der Waals surface area contributed by atoms with E-state index < -0.39 is 0 Å². The van der Waals surface area contributed by atoms with Crippen LogP contribution in [0.1, 0.15) is 32.6 Å². The van der Waals surface area contributed by atoms with E-state index in [2.05, 4.69) is 17.1 Å². The van der Waals surface area contributed by atoms with Crippen LogP contribution in [0, 0.1) is 5.41 Å². The lowest BCUT2D eigenvalue weighted by molar-refractivity contribution is -0.0262. The highest BCUT2D eigenvalue weighted by molar-refractivity contribution is 4.87. The summed E-state index contributed by atoms with van der Waals surface area (Å²) in [4.78, 5) is 2.58. The summed E-state index contributed by atoms with van der Waals surface area (Å²) in [6, 6.07) is 0. The third kappa shape index (κ3) is 5.03. The van der Waals surface area contributed by atoms with Gasteiger partial charge < -0.3 is 19.7 Å². The molecule has 2 heterocycles. The molecule has 0 spiro atoms. The van der Waals surface area contributed by atoms with Crippen LogP contribution in [-0.2, 0) is 9.47 Å². The van der Waals surface area contributed by atoms with E-state index in [1.54, 1.807) is 0 Å². The van der Waals surface area contributed by atoms with Crippen molar-refractivity contribution in [2.24, 2.45) is 5.41 Å². The average molecular weight is 270 g/mol. The maximum absolute atomic E-state index is 5.79. The molecule has 2 fully saturated rings. The van der Waals surface area contributed by atoms with E-state index in [1.165, 1.54) is 32.2 Å². The van der Waals surface area contributed by atoms with E-state index >= 15 is 0 Å². The number of ether oxygens (including phenoxy) is 2. The van der Waals surface area contributed by atoms with E-state index in [9.17, 15) is 0 Å². The first-order valence-electron chi connectivity index (χ1n) is 7.93. The Morgan fingerprint density at radius 3 is 2.79 bits per heavy atom. The SMILES string of the molecule is CCCNCC1(CN2CCCOCC2)CCCOC1. The highest BCUT2D eigenvalue weighted by atomic mass is 16.5. The van der Waals surface area contributed by atoms with Crippen molar-refractivity contribution in [3.63, 3.8) is 0 Å². The van der Waals surface area contributed by atoms with Crippen LogP contribution in [-0.4, -0.2) is 64.1 Å². The maximum atomic E-state index is 5.79. The van der Waals surface area contributed by atoms with Crippen LogP contribution in [0.3, 0.4) is 0 Å². The van der Waals surface area contributed by atoms with Crippen molar-refractivity contribution < 1.29 is 9.47 Å². The van der Waals surface area contributed by atoms with Crippen molar-refractivity contribution in [2.45, 2.75) is 32.6 Å². The maximum Gasteiger partial charge on any atom is 0.0593 e. The molecule has 0 aromatic rings. The van der Waals surface area contributed by atoms with Crippen LogP contribution in [0.4, 0.5) is 0 Å². The molecule has 4 nitrogen and oxygen atoms in total. The monoisotopic (exact) mass is 270 g/mol. The largest absolute Gasteiger partial charge is 0.381 e. The zero-order valence-electron chi connectivity index (χ0n) is 12.5. The first-order chi connectivity index (χ1) is 9.35. The van der Waals surface area contributed by atoms with Gasteiger partial charge in [-0.3, -0.25) is 0 Å². The molecular weight excluding hydrogens is 240 g/mol. The van der Waals surface area contributed by atoms with E-state index in [4.69, 9.17) is 9.47 Å². The van der Waals surface area contributed by atoms with Crippen LogP contribution in [0.5, 0.6) is 0 Å².